The highest BCUT2D eigenvalue weighted by atomic mass is 127. The van der Waals surface area contributed by atoms with Crippen molar-refractivity contribution in [2.75, 3.05) is 36.2 Å². The van der Waals surface area contributed by atoms with Gasteiger partial charge in [-0.1, -0.05) is 12.1 Å². The summed E-state index contributed by atoms with van der Waals surface area (Å²) < 4.78 is 0. The topological polar surface area (TPSA) is 26.7 Å². The number of fused-ring (bicyclic) bond motifs is 1. The second-order valence-electron chi connectivity index (χ2n) is 3.83. The normalized spacial score (nSPS) is 13.6. The summed E-state index contributed by atoms with van der Waals surface area (Å²) in [4.78, 5) is 4.68. The molecule has 1 heterocycles. The number of aliphatic hydroxyl groups excluding tert-OH is 1. The Hall–Kier alpha value is -0.490. The summed E-state index contributed by atoms with van der Waals surface area (Å²) in [5, 5.41) is 8.86. The number of aliphatic hydroxyl groups is 1. The molecule has 2 rings (SSSR count). The van der Waals surface area contributed by atoms with Crippen LogP contribution in [0.5, 0.6) is 0 Å². The number of anilines is 2. The summed E-state index contributed by atoms with van der Waals surface area (Å²) in [7, 11) is 0. The Morgan fingerprint density at radius 2 is 1.81 bits per heavy atom. The number of hydrogen-bond donors (Lipinski definition) is 1. The fraction of sp³-hybridized carbons (Fsp3) is 0.500. The van der Waals surface area contributed by atoms with Crippen molar-refractivity contribution in [3.8, 4) is 0 Å². The van der Waals surface area contributed by atoms with Gasteiger partial charge in [-0.15, -0.1) is 24.0 Å². The van der Waals surface area contributed by atoms with Gasteiger partial charge in [0.1, 0.15) is 0 Å². The van der Waals surface area contributed by atoms with Crippen LogP contribution in [0.2, 0.25) is 0 Å². The summed E-state index contributed by atoms with van der Waals surface area (Å²) in [6.07, 6.45) is 0.839. The van der Waals surface area contributed by atoms with Crippen molar-refractivity contribution in [3.63, 3.8) is 0 Å². The molecule has 0 atom stereocenters. The van der Waals surface area contributed by atoms with Crippen molar-refractivity contribution in [2.24, 2.45) is 0 Å². The number of nitrogens with zero attached hydrogens (tertiary/aromatic N) is 2. The Balaban J connectivity index is 0.00000128. The molecule has 0 spiro atoms. The zero-order valence-corrected chi connectivity index (χ0v) is 11.9. The highest BCUT2D eigenvalue weighted by molar-refractivity contribution is 14.0. The molecule has 0 radical (unpaired) electrons. The zero-order valence-electron chi connectivity index (χ0n) is 9.59. The lowest BCUT2D eigenvalue weighted by atomic mass is 10.2. The standard InChI is InChI=1S/C12H18N2O.HI/c1-2-13-10-14(8-5-9-15)12-7-4-3-6-11(12)13;/h3-4,6-7,15H,2,5,8-10H2,1H3;1H. The average molecular weight is 334 g/mol. The first-order valence-corrected chi connectivity index (χ1v) is 5.56. The van der Waals surface area contributed by atoms with Crippen LogP contribution in [0.15, 0.2) is 24.3 Å². The summed E-state index contributed by atoms with van der Waals surface area (Å²) >= 11 is 0. The van der Waals surface area contributed by atoms with Crippen molar-refractivity contribution in [1.82, 2.24) is 0 Å². The first-order valence-electron chi connectivity index (χ1n) is 5.56. The largest absolute Gasteiger partial charge is 0.396 e. The van der Waals surface area contributed by atoms with Gasteiger partial charge in [-0.25, -0.2) is 0 Å². The molecule has 3 nitrogen and oxygen atoms in total. The van der Waals surface area contributed by atoms with E-state index in [0.29, 0.717) is 0 Å². The molecule has 4 heteroatoms. The molecule has 1 aromatic rings. The molecule has 1 aliphatic rings. The van der Waals surface area contributed by atoms with Crippen LogP contribution in [0.25, 0.3) is 0 Å². The Kier molecular flexibility index (Phi) is 5.34. The minimum atomic E-state index is 0. The fourth-order valence-corrected chi connectivity index (χ4v) is 2.08. The number of hydrogen-bond acceptors (Lipinski definition) is 3. The van der Waals surface area contributed by atoms with Crippen LogP contribution in [-0.4, -0.2) is 31.5 Å². The SMILES string of the molecule is CCN1CN(CCCO)c2ccccc21.I. The molecule has 0 fully saturated rings. The van der Waals surface area contributed by atoms with E-state index in [-0.39, 0.29) is 30.6 Å². The highest BCUT2D eigenvalue weighted by Crippen LogP contribution is 2.35. The lowest BCUT2D eigenvalue weighted by Crippen LogP contribution is -2.31. The Morgan fingerprint density at radius 3 is 2.38 bits per heavy atom. The van der Waals surface area contributed by atoms with Gasteiger partial charge in [-0.3, -0.25) is 0 Å². The van der Waals surface area contributed by atoms with Gasteiger partial charge in [0.15, 0.2) is 0 Å². The summed E-state index contributed by atoms with van der Waals surface area (Å²) in [6, 6.07) is 8.47. The van der Waals surface area contributed by atoms with Crippen molar-refractivity contribution in [2.45, 2.75) is 13.3 Å². The van der Waals surface area contributed by atoms with E-state index in [0.717, 1.165) is 26.2 Å². The van der Waals surface area contributed by atoms with Crippen molar-refractivity contribution in [1.29, 1.82) is 0 Å². The third-order valence-corrected chi connectivity index (χ3v) is 2.87. The minimum absolute atomic E-state index is 0. The third-order valence-electron chi connectivity index (χ3n) is 2.87. The molecular weight excluding hydrogens is 315 g/mol. The fourth-order valence-electron chi connectivity index (χ4n) is 2.08. The van der Waals surface area contributed by atoms with Crippen molar-refractivity contribution >= 4 is 35.4 Å². The first-order chi connectivity index (χ1) is 7.36. The third kappa shape index (κ3) is 2.60. The Labute approximate surface area is 114 Å². The maximum Gasteiger partial charge on any atom is 0.0904 e. The predicted molar refractivity (Wildman–Crippen MR) is 78.8 cm³/mol. The van der Waals surface area contributed by atoms with Crippen LogP contribution in [0.1, 0.15) is 13.3 Å². The molecular formula is C12H19IN2O. The number of para-hydroxylation sites is 2. The summed E-state index contributed by atoms with van der Waals surface area (Å²) in [6.45, 7) is 5.36. The van der Waals surface area contributed by atoms with Crippen LogP contribution >= 0.6 is 24.0 Å². The maximum atomic E-state index is 8.86. The summed E-state index contributed by atoms with van der Waals surface area (Å²) in [5.41, 5.74) is 2.62. The van der Waals surface area contributed by atoms with Gasteiger partial charge < -0.3 is 14.9 Å². The van der Waals surface area contributed by atoms with Gasteiger partial charge >= 0.3 is 0 Å². The molecule has 0 aromatic heterocycles. The van der Waals surface area contributed by atoms with E-state index in [1.165, 1.54) is 11.4 Å². The molecule has 0 amide bonds. The van der Waals surface area contributed by atoms with Gasteiger partial charge in [0.05, 0.1) is 18.0 Å². The molecule has 1 aromatic carbocycles. The van der Waals surface area contributed by atoms with E-state index in [2.05, 4.69) is 41.0 Å². The van der Waals surface area contributed by atoms with Gasteiger partial charge in [0.25, 0.3) is 0 Å². The molecule has 0 unspecified atom stereocenters. The van der Waals surface area contributed by atoms with Crippen LogP contribution < -0.4 is 9.80 Å². The Morgan fingerprint density at radius 1 is 1.19 bits per heavy atom. The van der Waals surface area contributed by atoms with Gasteiger partial charge in [0, 0.05) is 19.7 Å². The first kappa shape index (κ1) is 13.6. The molecule has 0 saturated heterocycles. The predicted octanol–water partition coefficient (Wildman–Crippen LogP) is 2.29. The molecule has 90 valence electrons. The zero-order chi connectivity index (χ0) is 10.7. The number of benzene rings is 1. The van der Waals surface area contributed by atoms with E-state index in [1.54, 1.807) is 0 Å². The Bertz CT molecular complexity index is 333. The van der Waals surface area contributed by atoms with Crippen LogP contribution in [0, 0.1) is 0 Å². The molecule has 1 aliphatic heterocycles. The lowest BCUT2D eigenvalue weighted by molar-refractivity contribution is 0.290. The quantitative estimate of drug-likeness (QED) is 0.856. The van der Waals surface area contributed by atoms with E-state index >= 15 is 0 Å². The molecule has 16 heavy (non-hydrogen) atoms. The molecule has 0 saturated carbocycles. The van der Waals surface area contributed by atoms with E-state index in [1.807, 2.05) is 0 Å². The summed E-state index contributed by atoms with van der Waals surface area (Å²) in [5.74, 6) is 0. The van der Waals surface area contributed by atoms with Crippen LogP contribution in [-0.2, 0) is 0 Å². The number of halogens is 1. The van der Waals surface area contributed by atoms with Gasteiger partial charge in [-0.2, -0.15) is 0 Å². The highest BCUT2D eigenvalue weighted by Gasteiger charge is 2.23. The van der Waals surface area contributed by atoms with E-state index in [9.17, 15) is 0 Å². The van der Waals surface area contributed by atoms with Crippen LogP contribution in [0.4, 0.5) is 11.4 Å². The van der Waals surface area contributed by atoms with E-state index in [4.69, 9.17) is 5.11 Å². The second-order valence-corrected chi connectivity index (χ2v) is 3.83. The smallest absolute Gasteiger partial charge is 0.0904 e. The number of rotatable bonds is 4. The monoisotopic (exact) mass is 334 g/mol. The molecule has 0 aliphatic carbocycles. The molecule has 0 bridgehead atoms. The minimum Gasteiger partial charge on any atom is -0.396 e. The van der Waals surface area contributed by atoms with Gasteiger partial charge in [0.2, 0.25) is 0 Å². The maximum absolute atomic E-state index is 8.86. The second kappa shape index (κ2) is 6.30. The average Bonchev–Trinajstić information content (AvgIpc) is 2.65. The van der Waals surface area contributed by atoms with Gasteiger partial charge in [-0.05, 0) is 25.5 Å². The van der Waals surface area contributed by atoms with Crippen molar-refractivity contribution < 1.29 is 5.11 Å². The van der Waals surface area contributed by atoms with E-state index < -0.39 is 0 Å². The molecule has 1 N–H and O–H groups in total. The lowest BCUT2D eigenvalue weighted by Gasteiger charge is -2.20. The van der Waals surface area contributed by atoms with Crippen molar-refractivity contribution in [3.05, 3.63) is 24.3 Å². The van der Waals surface area contributed by atoms with Crippen LogP contribution in [0.3, 0.4) is 0 Å².